The highest BCUT2D eigenvalue weighted by Gasteiger charge is 2.32. The normalized spacial score (nSPS) is 17.1. The van der Waals surface area contributed by atoms with Crippen molar-refractivity contribution in [2.45, 2.75) is 25.3 Å². The maximum Gasteiger partial charge on any atom is 0.223 e. The topological polar surface area (TPSA) is 40.5 Å². The molecule has 3 rings (SSSR count). The van der Waals surface area contributed by atoms with E-state index >= 15 is 0 Å². The number of nitrogens with zero attached hydrogens (tertiary/aromatic N) is 1. The molecule has 1 N–H and O–H groups in total. The van der Waals surface area contributed by atoms with E-state index in [2.05, 4.69) is 0 Å². The van der Waals surface area contributed by atoms with Gasteiger partial charge in [-0.25, -0.2) is 4.39 Å². The molecule has 1 unspecified atom stereocenters. The van der Waals surface area contributed by atoms with Gasteiger partial charge in [0, 0.05) is 13.0 Å². The molecule has 22 heavy (non-hydrogen) atoms. The predicted octanol–water partition coefficient (Wildman–Crippen LogP) is 3.44. The van der Waals surface area contributed by atoms with Crippen LogP contribution in [0, 0.1) is 5.82 Å². The first-order valence-electron chi connectivity index (χ1n) is 7.46. The van der Waals surface area contributed by atoms with Crippen molar-refractivity contribution in [2.75, 3.05) is 6.54 Å². The van der Waals surface area contributed by atoms with Crippen molar-refractivity contribution in [1.29, 1.82) is 0 Å². The zero-order valence-electron chi connectivity index (χ0n) is 12.2. The number of likely N-dealkylation sites (tertiary alicyclic amines) is 1. The number of phenols is 1. The van der Waals surface area contributed by atoms with Crippen molar-refractivity contribution in [3.8, 4) is 5.75 Å². The first kappa shape index (κ1) is 14.6. The molecule has 3 nitrogen and oxygen atoms in total. The lowest BCUT2D eigenvalue weighted by molar-refractivity contribution is -0.139. The van der Waals surface area contributed by atoms with Crippen LogP contribution in [-0.2, 0) is 11.2 Å². The summed E-state index contributed by atoms with van der Waals surface area (Å²) in [6.07, 6.45) is 1.95. The highest BCUT2D eigenvalue weighted by Crippen LogP contribution is 2.33. The second kappa shape index (κ2) is 6.18. The number of carbonyl (C=O) groups is 1. The van der Waals surface area contributed by atoms with E-state index in [0.29, 0.717) is 12.8 Å². The van der Waals surface area contributed by atoms with Gasteiger partial charge in [0.05, 0.1) is 6.04 Å². The van der Waals surface area contributed by atoms with Crippen molar-refractivity contribution >= 4 is 5.91 Å². The Morgan fingerprint density at radius 3 is 2.64 bits per heavy atom. The van der Waals surface area contributed by atoms with Crippen molar-refractivity contribution in [2.24, 2.45) is 0 Å². The highest BCUT2D eigenvalue weighted by molar-refractivity contribution is 5.78. The molecule has 0 aliphatic carbocycles. The summed E-state index contributed by atoms with van der Waals surface area (Å²) >= 11 is 0. The van der Waals surface area contributed by atoms with Gasteiger partial charge in [-0.05, 0) is 48.2 Å². The molecule has 1 amide bonds. The van der Waals surface area contributed by atoms with E-state index in [4.69, 9.17) is 0 Å². The van der Waals surface area contributed by atoms with Gasteiger partial charge in [0.1, 0.15) is 11.6 Å². The van der Waals surface area contributed by atoms with Gasteiger partial charge in [0.15, 0.2) is 0 Å². The average molecular weight is 299 g/mol. The van der Waals surface area contributed by atoms with Gasteiger partial charge in [-0.2, -0.15) is 0 Å². The minimum Gasteiger partial charge on any atom is -0.508 e. The van der Waals surface area contributed by atoms with Gasteiger partial charge in [0.2, 0.25) is 5.91 Å². The first-order valence-corrected chi connectivity index (χ1v) is 7.46. The standard InChI is InChI=1S/C18H18FNO2/c19-15-7-5-14(6-8-15)17-10-11-20(17)18(22)9-4-13-2-1-3-16(21)12-13/h1-3,5-8,12,17,21H,4,9-11H2. The summed E-state index contributed by atoms with van der Waals surface area (Å²) in [5, 5.41) is 9.43. The summed E-state index contributed by atoms with van der Waals surface area (Å²) in [6.45, 7) is 0.751. The highest BCUT2D eigenvalue weighted by atomic mass is 19.1. The molecule has 1 aliphatic rings. The average Bonchev–Trinajstić information content (AvgIpc) is 2.46. The number of benzene rings is 2. The van der Waals surface area contributed by atoms with Gasteiger partial charge < -0.3 is 10.0 Å². The van der Waals surface area contributed by atoms with Crippen LogP contribution in [0.25, 0.3) is 0 Å². The van der Waals surface area contributed by atoms with E-state index < -0.39 is 0 Å². The van der Waals surface area contributed by atoms with Gasteiger partial charge in [0.25, 0.3) is 0 Å². The molecule has 1 heterocycles. The Morgan fingerprint density at radius 2 is 2.00 bits per heavy atom. The summed E-state index contributed by atoms with van der Waals surface area (Å²) in [7, 11) is 0. The van der Waals surface area contributed by atoms with Crippen LogP contribution in [0.2, 0.25) is 0 Å². The van der Waals surface area contributed by atoms with Crippen LogP contribution in [-0.4, -0.2) is 22.5 Å². The molecule has 0 aromatic heterocycles. The predicted molar refractivity (Wildman–Crippen MR) is 81.9 cm³/mol. The number of carbonyl (C=O) groups excluding carboxylic acids is 1. The summed E-state index contributed by atoms with van der Waals surface area (Å²) < 4.78 is 13.0. The molecule has 114 valence electrons. The molecule has 1 saturated heterocycles. The zero-order valence-corrected chi connectivity index (χ0v) is 12.2. The first-order chi connectivity index (χ1) is 10.6. The van der Waals surface area contributed by atoms with Crippen molar-refractivity contribution < 1.29 is 14.3 Å². The maximum atomic E-state index is 13.0. The minimum atomic E-state index is -0.259. The number of hydrogen-bond acceptors (Lipinski definition) is 2. The number of aromatic hydroxyl groups is 1. The van der Waals surface area contributed by atoms with E-state index in [1.807, 2.05) is 11.0 Å². The van der Waals surface area contributed by atoms with Crippen LogP contribution in [0.3, 0.4) is 0 Å². The third-order valence-electron chi connectivity index (χ3n) is 4.13. The Kier molecular flexibility index (Phi) is 4.09. The molecule has 0 bridgehead atoms. The smallest absolute Gasteiger partial charge is 0.223 e. The Morgan fingerprint density at radius 1 is 1.23 bits per heavy atom. The zero-order chi connectivity index (χ0) is 15.5. The van der Waals surface area contributed by atoms with Crippen LogP contribution in [0.15, 0.2) is 48.5 Å². The van der Waals surface area contributed by atoms with Gasteiger partial charge in [-0.1, -0.05) is 24.3 Å². The number of rotatable bonds is 4. The fourth-order valence-corrected chi connectivity index (χ4v) is 2.82. The number of amides is 1. The maximum absolute atomic E-state index is 13.0. The number of halogens is 1. The Bertz CT molecular complexity index is 669. The lowest BCUT2D eigenvalue weighted by atomic mass is 9.94. The molecule has 2 aromatic rings. The molecule has 0 radical (unpaired) electrons. The lowest BCUT2D eigenvalue weighted by Gasteiger charge is -2.41. The van der Waals surface area contributed by atoms with Crippen LogP contribution in [0.4, 0.5) is 4.39 Å². The van der Waals surface area contributed by atoms with Gasteiger partial charge in [-0.3, -0.25) is 4.79 Å². The van der Waals surface area contributed by atoms with Gasteiger partial charge >= 0.3 is 0 Å². The van der Waals surface area contributed by atoms with Crippen molar-refractivity contribution in [3.63, 3.8) is 0 Å². The third-order valence-corrected chi connectivity index (χ3v) is 4.13. The van der Waals surface area contributed by atoms with E-state index in [-0.39, 0.29) is 23.5 Å². The molecular weight excluding hydrogens is 281 g/mol. The second-order valence-electron chi connectivity index (χ2n) is 5.61. The van der Waals surface area contributed by atoms with Crippen molar-refractivity contribution in [1.82, 2.24) is 4.90 Å². The van der Waals surface area contributed by atoms with E-state index in [0.717, 1.165) is 24.1 Å². The lowest BCUT2D eigenvalue weighted by Crippen LogP contribution is -2.45. The van der Waals surface area contributed by atoms with Crippen molar-refractivity contribution in [3.05, 3.63) is 65.5 Å². The van der Waals surface area contributed by atoms with E-state index in [9.17, 15) is 14.3 Å². The van der Waals surface area contributed by atoms with Crippen LogP contribution in [0.5, 0.6) is 5.75 Å². The number of phenolic OH excluding ortho intramolecular Hbond substituents is 1. The largest absolute Gasteiger partial charge is 0.508 e. The Balaban J connectivity index is 1.59. The fourth-order valence-electron chi connectivity index (χ4n) is 2.82. The summed E-state index contributed by atoms with van der Waals surface area (Å²) in [6, 6.07) is 13.4. The Hall–Kier alpha value is -2.36. The fraction of sp³-hybridized carbons (Fsp3) is 0.278. The van der Waals surface area contributed by atoms with Crippen LogP contribution < -0.4 is 0 Å². The molecule has 0 saturated carbocycles. The molecule has 2 aromatic carbocycles. The van der Waals surface area contributed by atoms with Crippen LogP contribution in [0.1, 0.15) is 30.0 Å². The molecular formula is C18H18FNO2. The monoisotopic (exact) mass is 299 g/mol. The molecule has 4 heteroatoms. The minimum absolute atomic E-state index is 0.0669. The van der Waals surface area contributed by atoms with E-state index in [1.54, 1.807) is 30.3 Å². The molecule has 0 spiro atoms. The molecule has 1 aliphatic heterocycles. The summed E-state index contributed by atoms with van der Waals surface area (Å²) in [5.41, 5.74) is 1.94. The molecule has 1 fully saturated rings. The molecule has 1 atom stereocenters. The second-order valence-corrected chi connectivity index (χ2v) is 5.61. The SMILES string of the molecule is O=C(CCc1cccc(O)c1)N1CCC1c1ccc(F)cc1. The van der Waals surface area contributed by atoms with Gasteiger partial charge in [-0.15, -0.1) is 0 Å². The summed E-state index contributed by atoms with van der Waals surface area (Å²) in [4.78, 5) is 14.2. The number of hydrogen-bond donors (Lipinski definition) is 1. The third kappa shape index (κ3) is 3.11. The number of aryl methyl sites for hydroxylation is 1. The summed E-state index contributed by atoms with van der Waals surface area (Å²) in [5.74, 6) is 0.0619. The van der Waals surface area contributed by atoms with Crippen LogP contribution >= 0.6 is 0 Å². The Labute approximate surface area is 129 Å². The quantitative estimate of drug-likeness (QED) is 0.939. The van der Waals surface area contributed by atoms with E-state index in [1.165, 1.54) is 12.1 Å².